The Morgan fingerprint density at radius 3 is 2.41 bits per heavy atom. The Kier molecular flexibility index (Phi) is 4.40. The Labute approximate surface area is 110 Å². The first-order valence-electron chi connectivity index (χ1n) is 4.79. The third kappa shape index (κ3) is 3.11. The summed E-state index contributed by atoms with van der Waals surface area (Å²) in [7, 11) is 1.06. The number of halogens is 4. The second kappa shape index (κ2) is 5.24. The Morgan fingerprint density at radius 1 is 1.41 bits per heavy atom. The average molecular weight is 358 g/mol. The van der Waals surface area contributed by atoms with E-state index in [0.717, 1.165) is 13.2 Å². The fourth-order valence-corrected chi connectivity index (χ4v) is 2.25. The molecule has 0 N–H and O–H groups in total. The van der Waals surface area contributed by atoms with Crippen LogP contribution in [0, 0.1) is 3.57 Å². The van der Waals surface area contributed by atoms with Crippen LogP contribution in [0.15, 0.2) is 12.1 Å². The van der Waals surface area contributed by atoms with Gasteiger partial charge in [0.25, 0.3) is 0 Å². The number of benzene rings is 1. The van der Waals surface area contributed by atoms with Gasteiger partial charge in [-0.25, -0.2) is 4.79 Å². The third-order valence-electron chi connectivity index (χ3n) is 2.28. The van der Waals surface area contributed by atoms with E-state index in [1.165, 1.54) is 6.07 Å². The summed E-state index contributed by atoms with van der Waals surface area (Å²) in [5, 5.41) is 0. The molecule has 0 heterocycles. The molecular formula is C11H10F3IO2. The van der Waals surface area contributed by atoms with E-state index < -0.39 is 23.3 Å². The van der Waals surface area contributed by atoms with E-state index in [9.17, 15) is 18.0 Å². The fraction of sp³-hybridized carbons (Fsp3) is 0.364. The molecule has 2 nitrogen and oxygen atoms in total. The molecule has 0 saturated heterocycles. The van der Waals surface area contributed by atoms with Crippen molar-refractivity contribution in [2.45, 2.75) is 19.5 Å². The maximum atomic E-state index is 12.8. The minimum atomic E-state index is -4.56. The van der Waals surface area contributed by atoms with Crippen LogP contribution in [0.25, 0.3) is 0 Å². The first-order chi connectivity index (χ1) is 7.81. The van der Waals surface area contributed by atoms with Gasteiger partial charge in [-0.1, -0.05) is 6.92 Å². The third-order valence-corrected chi connectivity index (χ3v) is 3.28. The van der Waals surface area contributed by atoms with Gasteiger partial charge in [0.05, 0.1) is 18.2 Å². The zero-order valence-corrected chi connectivity index (χ0v) is 11.3. The second-order valence-electron chi connectivity index (χ2n) is 3.33. The molecule has 0 unspecified atom stereocenters. The summed E-state index contributed by atoms with van der Waals surface area (Å²) in [6, 6.07) is 2.22. The van der Waals surface area contributed by atoms with Gasteiger partial charge in [0, 0.05) is 3.57 Å². The zero-order chi connectivity index (χ0) is 13.2. The lowest BCUT2D eigenvalue weighted by Gasteiger charge is -2.14. The Bertz CT molecular complexity index is 441. The van der Waals surface area contributed by atoms with Gasteiger partial charge in [-0.3, -0.25) is 0 Å². The monoisotopic (exact) mass is 358 g/mol. The van der Waals surface area contributed by atoms with Crippen molar-refractivity contribution in [2.75, 3.05) is 7.11 Å². The number of hydrogen-bond donors (Lipinski definition) is 0. The van der Waals surface area contributed by atoms with Gasteiger partial charge in [0.15, 0.2) is 0 Å². The van der Waals surface area contributed by atoms with Crippen LogP contribution in [0.2, 0.25) is 0 Å². The summed E-state index contributed by atoms with van der Waals surface area (Å²) in [4.78, 5) is 11.3. The molecule has 1 aromatic carbocycles. The average Bonchev–Trinajstić information content (AvgIpc) is 2.26. The predicted molar refractivity (Wildman–Crippen MR) is 64.9 cm³/mol. The molecule has 1 rings (SSSR count). The Morgan fingerprint density at radius 2 is 2.00 bits per heavy atom. The van der Waals surface area contributed by atoms with Gasteiger partial charge >= 0.3 is 12.1 Å². The van der Waals surface area contributed by atoms with Crippen molar-refractivity contribution in [3.05, 3.63) is 32.4 Å². The lowest BCUT2D eigenvalue weighted by molar-refractivity contribution is -0.138. The predicted octanol–water partition coefficient (Wildman–Crippen LogP) is 3.66. The van der Waals surface area contributed by atoms with Crippen molar-refractivity contribution in [1.82, 2.24) is 0 Å². The number of carbonyl (C=O) groups excluding carboxylic acids is 1. The van der Waals surface area contributed by atoms with Gasteiger partial charge in [-0.05, 0) is 46.7 Å². The van der Waals surface area contributed by atoms with Crippen LogP contribution in [-0.2, 0) is 17.3 Å². The van der Waals surface area contributed by atoms with Crippen LogP contribution in [0.5, 0.6) is 0 Å². The van der Waals surface area contributed by atoms with E-state index in [-0.39, 0.29) is 0 Å². The van der Waals surface area contributed by atoms with E-state index in [4.69, 9.17) is 0 Å². The van der Waals surface area contributed by atoms with Crippen molar-refractivity contribution in [1.29, 1.82) is 0 Å². The molecule has 6 heteroatoms. The number of rotatable bonds is 2. The van der Waals surface area contributed by atoms with Gasteiger partial charge < -0.3 is 4.74 Å². The molecule has 94 valence electrons. The molecule has 0 aliphatic carbocycles. The largest absolute Gasteiger partial charge is 0.465 e. The van der Waals surface area contributed by atoms with Crippen LogP contribution in [0.4, 0.5) is 13.2 Å². The lowest BCUT2D eigenvalue weighted by Crippen LogP contribution is -2.15. The molecule has 0 amide bonds. The molecule has 0 aliphatic heterocycles. The Hall–Kier alpha value is -0.790. The fourth-order valence-electron chi connectivity index (χ4n) is 1.40. The summed E-state index contributed by atoms with van der Waals surface area (Å²) < 4.78 is 43.3. The molecule has 0 fully saturated rings. The van der Waals surface area contributed by atoms with E-state index in [1.807, 2.05) is 22.6 Å². The van der Waals surface area contributed by atoms with Gasteiger partial charge in [-0.2, -0.15) is 13.2 Å². The van der Waals surface area contributed by atoms with E-state index in [2.05, 4.69) is 4.74 Å². The highest BCUT2D eigenvalue weighted by molar-refractivity contribution is 14.1. The number of esters is 1. The molecular weight excluding hydrogens is 348 g/mol. The zero-order valence-electron chi connectivity index (χ0n) is 9.19. The van der Waals surface area contributed by atoms with Crippen molar-refractivity contribution >= 4 is 28.6 Å². The topological polar surface area (TPSA) is 26.3 Å². The standard InChI is InChI=1S/C11H10F3IO2/c1-3-6-4-8(11(12,13)14)7(5-9(6)15)10(16)17-2/h4-5H,3H2,1-2H3. The second-order valence-corrected chi connectivity index (χ2v) is 4.49. The van der Waals surface area contributed by atoms with Crippen LogP contribution >= 0.6 is 22.6 Å². The van der Waals surface area contributed by atoms with Gasteiger partial charge in [0.1, 0.15) is 0 Å². The minimum Gasteiger partial charge on any atom is -0.465 e. The van der Waals surface area contributed by atoms with Crippen LogP contribution in [0.1, 0.15) is 28.4 Å². The summed E-state index contributed by atoms with van der Waals surface area (Å²) in [6.45, 7) is 1.76. The summed E-state index contributed by atoms with van der Waals surface area (Å²) in [5.41, 5.74) is -0.825. The molecule has 0 saturated carbocycles. The normalized spacial score (nSPS) is 11.4. The number of hydrogen-bond acceptors (Lipinski definition) is 2. The quantitative estimate of drug-likeness (QED) is 0.596. The molecule has 0 aliphatic rings. The maximum absolute atomic E-state index is 12.8. The van der Waals surface area contributed by atoms with Gasteiger partial charge in [-0.15, -0.1) is 0 Å². The van der Waals surface area contributed by atoms with Crippen molar-refractivity contribution in [2.24, 2.45) is 0 Å². The number of methoxy groups -OCH3 is 1. The summed E-state index contributed by atoms with van der Waals surface area (Å²) >= 11 is 1.91. The minimum absolute atomic E-state index is 0.443. The smallest absolute Gasteiger partial charge is 0.417 e. The summed E-state index contributed by atoms with van der Waals surface area (Å²) in [5.74, 6) is -0.974. The van der Waals surface area contributed by atoms with E-state index >= 15 is 0 Å². The van der Waals surface area contributed by atoms with Crippen molar-refractivity contribution < 1.29 is 22.7 Å². The molecule has 1 aromatic rings. The molecule has 0 radical (unpaired) electrons. The van der Waals surface area contributed by atoms with Crippen LogP contribution < -0.4 is 0 Å². The SMILES string of the molecule is CCc1cc(C(F)(F)F)c(C(=O)OC)cc1I. The van der Waals surface area contributed by atoms with E-state index in [1.54, 1.807) is 6.92 Å². The van der Waals surface area contributed by atoms with Crippen LogP contribution in [-0.4, -0.2) is 13.1 Å². The highest BCUT2D eigenvalue weighted by atomic mass is 127. The number of alkyl halides is 3. The molecule has 0 bridgehead atoms. The number of ether oxygens (including phenoxy) is 1. The van der Waals surface area contributed by atoms with Crippen molar-refractivity contribution in [3.8, 4) is 0 Å². The molecule has 0 atom stereocenters. The highest BCUT2D eigenvalue weighted by Crippen LogP contribution is 2.34. The molecule has 0 aromatic heterocycles. The van der Waals surface area contributed by atoms with Crippen LogP contribution in [0.3, 0.4) is 0 Å². The maximum Gasteiger partial charge on any atom is 0.417 e. The first-order valence-corrected chi connectivity index (χ1v) is 5.87. The molecule has 0 spiro atoms. The molecule has 17 heavy (non-hydrogen) atoms. The number of aryl methyl sites for hydroxylation is 1. The van der Waals surface area contributed by atoms with Gasteiger partial charge in [0.2, 0.25) is 0 Å². The first kappa shape index (κ1) is 14.3. The van der Waals surface area contributed by atoms with E-state index in [0.29, 0.717) is 15.6 Å². The van der Waals surface area contributed by atoms with Crippen molar-refractivity contribution in [3.63, 3.8) is 0 Å². The summed E-state index contributed by atoms with van der Waals surface area (Å²) in [6.07, 6.45) is -4.08. The Balaban J connectivity index is 3.47. The highest BCUT2D eigenvalue weighted by Gasteiger charge is 2.36. The lowest BCUT2D eigenvalue weighted by atomic mass is 10.0. The number of carbonyl (C=O) groups is 1.